The molecule has 6 rings (SSSR count). The van der Waals surface area contributed by atoms with Crippen LogP contribution in [-0.2, 0) is 12.6 Å². The lowest BCUT2D eigenvalue weighted by Crippen LogP contribution is -2.33. The number of para-hydroxylation sites is 2. The highest BCUT2D eigenvalue weighted by atomic mass is 32.1. The molecule has 0 N–H and O–H groups in total. The van der Waals surface area contributed by atoms with Gasteiger partial charge in [-0.15, -0.1) is 11.3 Å². The van der Waals surface area contributed by atoms with E-state index in [4.69, 9.17) is 4.98 Å². The van der Waals surface area contributed by atoms with Gasteiger partial charge in [-0.05, 0) is 87.6 Å². The first-order chi connectivity index (χ1) is 18.1. The fourth-order valence-corrected chi connectivity index (χ4v) is 7.01. The van der Waals surface area contributed by atoms with E-state index in [0.29, 0.717) is 0 Å². The van der Waals surface area contributed by atoms with Crippen LogP contribution in [0.3, 0.4) is 0 Å². The molecular weight excluding hydrogens is 482 g/mol. The van der Waals surface area contributed by atoms with Gasteiger partial charge in [0.1, 0.15) is 10.5 Å². The monoisotopic (exact) mass is 516 g/mol. The first-order valence-corrected chi connectivity index (χ1v) is 14.0. The molecule has 0 bridgehead atoms. The van der Waals surface area contributed by atoms with E-state index in [1.807, 2.05) is 0 Å². The molecule has 0 radical (unpaired) electrons. The molecular formula is C34H34N3S+. The molecule has 0 spiro atoms. The van der Waals surface area contributed by atoms with Crippen molar-refractivity contribution >= 4 is 32.6 Å². The molecule has 3 nitrogen and oxygen atoms in total. The summed E-state index contributed by atoms with van der Waals surface area (Å²) in [5.41, 5.74) is 12.2. The minimum absolute atomic E-state index is 0.0932. The van der Waals surface area contributed by atoms with Crippen LogP contribution < -0.4 is 4.57 Å². The number of rotatable bonds is 3. The Balaban J connectivity index is 1.60. The van der Waals surface area contributed by atoms with E-state index < -0.39 is 0 Å². The topological polar surface area (TPSA) is 21.7 Å². The third kappa shape index (κ3) is 3.86. The number of aryl methyl sites for hydroxylation is 4. The molecule has 4 heteroatoms. The van der Waals surface area contributed by atoms with Crippen molar-refractivity contribution in [3.05, 3.63) is 95.6 Å². The predicted octanol–water partition coefficient (Wildman–Crippen LogP) is 8.76. The smallest absolute Gasteiger partial charge is 0.235 e. The lowest BCUT2D eigenvalue weighted by atomic mass is 9.96. The van der Waals surface area contributed by atoms with Gasteiger partial charge in [0.2, 0.25) is 0 Å². The Morgan fingerprint density at radius 2 is 1.39 bits per heavy atom. The number of thiazole rings is 1. The fourth-order valence-electron chi connectivity index (χ4n) is 5.86. The van der Waals surface area contributed by atoms with Crippen molar-refractivity contribution in [2.24, 2.45) is 7.05 Å². The highest BCUT2D eigenvalue weighted by molar-refractivity contribution is 7.21. The second-order valence-electron chi connectivity index (χ2n) is 11.4. The Kier molecular flexibility index (Phi) is 5.77. The zero-order chi connectivity index (χ0) is 26.8. The van der Waals surface area contributed by atoms with Crippen molar-refractivity contribution < 1.29 is 4.57 Å². The van der Waals surface area contributed by atoms with Gasteiger partial charge >= 0.3 is 0 Å². The van der Waals surface area contributed by atoms with Crippen LogP contribution in [0.4, 0.5) is 0 Å². The third-order valence-corrected chi connectivity index (χ3v) is 8.57. The van der Waals surface area contributed by atoms with Crippen molar-refractivity contribution in [1.82, 2.24) is 9.55 Å². The van der Waals surface area contributed by atoms with Gasteiger partial charge in [-0.3, -0.25) is 0 Å². The first kappa shape index (κ1) is 24.6. The molecule has 0 aliphatic rings. The Bertz CT molecular complexity index is 1810. The summed E-state index contributed by atoms with van der Waals surface area (Å²) in [6.07, 6.45) is 0. The van der Waals surface area contributed by atoms with E-state index in [0.717, 1.165) is 10.5 Å². The van der Waals surface area contributed by atoms with E-state index in [2.05, 4.69) is 137 Å². The van der Waals surface area contributed by atoms with Gasteiger partial charge in [-0.2, -0.15) is 0 Å². The average molecular weight is 517 g/mol. The van der Waals surface area contributed by atoms with Gasteiger partial charge in [0.05, 0.1) is 22.8 Å². The van der Waals surface area contributed by atoms with Crippen LogP contribution in [0.2, 0.25) is 0 Å². The quantitative estimate of drug-likeness (QED) is 0.215. The highest BCUT2D eigenvalue weighted by Crippen LogP contribution is 2.41. The zero-order valence-corrected chi connectivity index (χ0v) is 24.1. The van der Waals surface area contributed by atoms with E-state index >= 15 is 0 Å². The minimum atomic E-state index is -0.0932. The maximum Gasteiger partial charge on any atom is 0.292 e. The zero-order valence-electron chi connectivity index (χ0n) is 23.3. The summed E-state index contributed by atoms with van der Waals surface area (Å²) in [4.78, 5) is 5.37. The van der Waals surface area contributed by atoms with Crippen LogP contribution in [-0.4, -0.2) is 9.55 Å². The van der Waals surface area contributed by atoms with E-state index in [9.17, 15) is 0 Å². The van der Waals surface area contributed by atoms with Crippen molar-refractivity contribution in [1.29, 1.82) is 0 Å². The van der Waals surface area contributed by atoms with Crippen molar-refractivity contribution in [3.63, 3.8) is 0 Å². The first-order valence-electron chi connectivity index (χ1n) is 13.2. The Morgan fingerprint density at radius 3 is 2.08 bits per heavy atom. The third-order valence-electron chi connectivity index (χ3n) is 7.53. The number of aromatic nitrogens is 3. The van der Waals surface area contributed by atoms with E-state index in [-0.39, 0.29) is 5.54 Å². The number of imidazole rings is 1. The standard InChI is InChI=1S/C34H34N3S/c1-21-17-18-28-31(30(21)33-36(7)26-15-11-12-16-27(26)37(33)34(4,5)6)35-32(38-28)29-22(2)19-25(20-23(29)3)24-13-9-8-10-14-24/h8-20H,1-7H3/q+1. The maximum absolute atomic E-state index is 5.37. The molecule has 0 saturated heterocycles. The van der Waals surface area contributed by atoms with E-state index in [1.165, 1.54) is 60.5 Å². The number of fused-ring (bicyclic) bond motifs is 2. The molecule has 6 aromatic rings. The van der Waals surface area contributed by atoms with Gasteiger partial charge in [-0.1, -0.05) is 60.7 Å². The largest absolute Gasteiger partial charge is 0.292 e. The average Bonchev–Trinajstić information content (AvgIpc) is 3.43. The Labute approximate surface area is 229 Å². The summed E-state index contributed by atoms with van der Waals surface area (Å²) in [7, 11) is 2.18. The van der Waals surface area contributed by atoms with Crippen LogP contribution in [0.5, 0.6) is 0 Å². The SMILES string of the molecule is Cc1cc(-c2ccccc2)cc(C)c1-c1nc2c(-c3n(C(C)(C)C)c4ccccc4[n+]3C)c(C)ccc2s1. The summed E-state index contributed by atoms with van der Waals surface area (Å²) in [5.74, 6) is 1.20. The van der Waals surface area contributed by atoms with Crippen molar-refractivity contribution in [2.75, 3.05) is 0 Å². The number of hydrogen-bond donors (Lipinski definition) is 0. The number of nitrogens with zero attached hydrogens (tertiary/aromatic N) is 3. The normalized spacial score (nSPS) is 12.1. The lowest BCUT2D eigenvalue weighted by Gasteiger charge is -2.19. The van der Waals surface area contributed by atoms with Crippen LogP contribution in [0, 0.1) is 20.8 Å². The van der Waals surface area contributed by atoms with Gasteiger partial charge in [0.15, 0.2) is 11.0 Å². The van der Waals surface area contributed by atoms with Crippen molar-refractivity contribution in [3.8, 4) is 33.1 Å². The molecule has 4 aromatic carbocycles. The molecule has 2 heterocycles. The molecule has 0 saturated carbocycles. The summed E-state index contributed by atoms with van der Waals surface area (Å²) < 4.78 is 6.04. The number of hydrogen-bond acceptors (Lipinski definition) is 2. The lowest BCUT2D eigenvalue weighted by molar-refractivity contribution is -0.634. The summed E-state index contributed by atoms with van der Waals surface area (Å²) in [6, 6.07) is 28.4. The maximum atomic E-state index is 5.37. The van der Waals surface area contributed by atoms with Crippen LogP contribution in [0.1, 0.15) is 37.5 Å². The molecule has 0 atom stereocenters. The Morgan fingerprint density at radius 1 is 0.737 bits per heavy atom. The van der Waals surface area contributed by atoms with Crippen LogP contribution in [0.15, 0.2) is 78.9 Å². The minimum Gasteiger partial charge on any atom is -0.235 e. The van der Waals surface area contributed by atoms with E-state index in [1.54, 1.807) is 11.3 Å². The Hall–Kier alpha value is -3.76. The summed E-state index contributed by atoms with van der Waals surface area (Å²) in [5, 5.41) is 1.09. The molecule has 2 aromatic heterocycles. The predicted molar refractivity (Wildman–Crippen MR) is 162 cm³/mol. The fraction of sp³-hybridized carbons (Fsp3) is 0.235. The number of benzene rings is 4. The molecule has 0 aliphatic carbocycles. The molecule has 38 heavy (non-hydrogen) atoms. The van der Waals surface area contributed by atoms with Crippen LogP contribution >= 0.6 is 11.3 Å². The van der Waals surface area contributed by atoms with Crippen LogP contribution in [0.25, 0.3) is 54.3 Å². The second-order valence-corrected chi connectivity index (χ2v) is 12.4. The van der Waals surface area contributed by atoms with Gasteiger partial charge < -0.3 is 0 Å². The van der Waals surface area contributed by atoms with Crippen molar-refractivity contribution in [2.45, 2.75) is 47.1 Å². The molecule has 190 valence electrons. The molecule has 0 fully saturated rings. The summed E-state index contributed by atoms with van der Waals surface area (Å²) >= 11 is 1.79. The molecule has 0 amide bonds. The van der Waals surface area contributed by atoms with Gasteiger partial charge in [0.25, 0.3) is 5.82 Å². The molecule has 0 aliphatic heterocycles. The molecule has 0 unspecified atom stereocenters. The second kappa shape index (κ2) is 8.92. The van der Waals surface area contributed by atoms with Gasteiger partial charge in [0, 0.05) is 5.56 Å². The summed E-state index contributed by atoms with van der Waals surface area (Å²) in [6.45, 7) is 13.5. The van der Waals surface area contributed by atoms with Gasteiger partial charge in [-0.25, -0.2) is 14.1 Å². The highest BCUT2D eigenvalue weighted by Gasteiger charge is 2.34.